The number of aliphatic carboxylic acids is 1. The standard InChI is InChI=1S/C19H16BrClN2O2/c20-13-8-16-15-6-3-12(7-17(24)25)18(15)23(19(16)22-9-13)10-11-1-4-14(21)5-2-11/h1-2,4-5,8-9,12H,3,6-7,10H2,(H,24,25). The molecule has 4 rings (SSSR count). The maximum atomic E-state index is 11.3. The highest BCUT2D eigenvalue weighted by Crippen LogP contribution is 2.42. The first kappa shape index (κ1) is 16.6. The Balaban J connectivity index is 1.86. The van der Waals surface area contributed by atoms with Crippen LogP contribution in [0.2, 0.25) is 5.02 Å². The predicted molar refractivity (Wildman–Crippen MR) is 101 cm³/mol. The Morgan fingerprint density at radius 1 is 1.36 bits per heavy atom. The van der Waals surface area contributed by atoms with E-state index in [0.717, 1.165) is 39.6 Å². The van der Waals surface area contributed by atoms with Gasteiger partial charge < -0.3 is 9.67 Å². The van der Waals surface area contributed by atoms with Gasteiger partial charge in [-0.3, -0.25) is 4.79 Å². The molecular formula is C19H16BrClN2O2. The van der Waals surface area contributed by atoms with Crippen LogP contribution in [-0.2, 0) is 17.8 Å². The number of fused-ring (bicyclic) bond motifs is 3. The molecule has 0 saturated carbocycles. The van der Waals surface area contributed by atoms with Crippen LogP contribution in [-0.4, -0.2) is 20.6 Å². The van der Waals surface area contributed by atoms with Gasteiger partial charge in [0.25, 0.3) is 0 Å². The van der Waals surface area contributed by atoms with E-state index in [2.05, 4.69) is 31.5 Å². The van der Waals surface area contributed by atoms with Crippen molar-refractivity contribution in [1.82, 2.24) is 9.55 Å². The summed E-state index contributed by atoms with van der Waals surface area (Å²) in [7, 11) is 0. The molecule has 0 spiro atoms. The van der Waals surface area contributed by atoms with Gasteiger partial charge in [0.15, 0.2) is 0 Å². The van der Waals surface area contributed by atoms with E-state index in [4.69, 9.17) is 11.6 Å². The highest BCUT2D eigenvalue weighted by Gasteiger charge is 2.31. The molecule has 0 bridgehead atoms. The van der Waals surface area contributed by atoms with Crippen molar-refractivity contribution in [1.29, 1.82) is 0 Å². The zero-order valence-electron chi connectivity index (χ0n) is 13.4. The first-order valence-corrected chi connectivity index (χ1v) is 9.33. The fourth-order valence-electron chi connectivity index (χ4n) is 3.81. The number of hydrogen-bond donors (Lipinski definition) is 1. The van der Waals surface area contributed by atoms with Gasteiger partial charge in [-0.1, -0.05) is 23.7 Å². The number of carboxylic acids is 1. The molecule has 1 aliphatic rings. The van der Waals surface area contributed by atoms with Crippen LogP contribution in [0.4, 0.5) is 0 Å². The van der Waals surface area contributed by atoms with Gasteiger partial charge in [0, 0.05) is 39.2 Å². The molecular weight excluding hydrogens is 404 g/mol. The molecule has 25 heavy (non-hydrogen) atoms. The van der Waals surface area contributed by atoms with Gasteiger partial charge in [-0.25, -0.2) is 4.98 Å². The second-order valence-electron chi connectivity index (χ2n) is 6.43. The van der Waals surface area contributed by atoms with E-state index in [0.29, 0.717) is 11.6 Å². The topological polar surface area (TPSA) is 55.1 Å². The molecule has 1 aliphatic carbocycles. The molecule has 1 N–H and O–H groups in total. The van der Waals surface area contributed by atoms with Gasteiger partial charge >= 0.3 is 5.97 Å². The summed E-state index contributed by atoms with van der Waals surface area (Å²) in [6.07, 6.45) is 3.72. The average Bonchev–Trinajstić information content (AvgIpc) is 3.09. The van der Waals surface area contributed by atoms with Crippen molar-refractivity contribution in [3.63, 3.8) is 0 Å². The fraction of sp³-hybridized carbons (Fsp3) is 0.263. The third-order valence-corrected chi connectivity index (χ3v) is 5.50. The highest BCUT2D eigenvalue weighted by molar-refractivity contribution is 9.10. The molecule has 2 heterocycles. The number of hydrogen-bond acceptors (Lipinski definition) is 2. The zero-order valence-corrected chi connectivity index (χ0v) is 15.7. The van der Waals surface area contributed by atoms with E-state index in [1.54, 1.807) is 6.20 Å². The maximum absolute atomic E-state index is 11.3. The third-order valence-electron chi connectivity index (χ3n) is 4.82. The molecule has 4 nitrogen and oxygen atoms in total. The number of pyridine rings is 1. The Morgan fingerprint density at radius 2 is 2.12 bits per heavy atom. The molecule has 3 aromatic rings. The molecule has 128 valence electrons. The Morgan fingerprint density at radius 3 is 2.84 bits per heavy atom. The SMILES string of the molecule is O=C(O)CC1CCc2c1n(Cc1ccc(Cl)cc1)c1ncc(Br)cc21. The van der Waals surface area contributed by atoms with Crippen LogP contribution in [0.15, 0.2) is 41.0 Å². The number of rotatable bonds is 4. The summed E-state index contributed by atoms with van der Waals surface area (Å²) < 4.78 is 3.12. The molecule has 1 atom stereocenters. The van der Waals surface area contributed by atoms with Crippen LogP contribution in [0.5, 0.6) is 0 Å². The van der Waals surface area contributed by atoms with Crippen molar-refractivity contribution in [2.45, 2.75) is 31.7 Å². The van der Waals surface area contributed by atoms with E-state index in [9.17, 15) is 9.90 Å². The molecule has 1 unspecified atom stereocenters. The van der Waals surface area contributed by atoms with Crippen molar-refractivity contribution in [2.75, 3.05) is 0 Å². The number of aryl methyl sites for hydroxylation is 1. The van der Waals surface area contributed by atoms with Crippen LogP contribution >= 0.6 is 27.5 Å². The normalized spacial score (nSPS) is 16.3. The van der Waals surface area contributed by atoms with E-state index >= 15 is 0 Å². The monoisotopic (exact) mass is 418 g/mol. The largest absolute Gasteiger partial charge is 0.481 e. The van der Waals surface area contributed by atoms with Crippen molar-refractivity contribution in [3.8, 4) is 0 Å². The zero-order chi connectivity index (χ0) is 17.6. The molecule has 0 saturated heterocycles. The van der Waals surface area contributed by atoms with Gasteiger partial charge in [0.2, 0.25) is 0 Å². The molecule has 0 aliphatic heterocycles. The second-order valence-corrected chi connectivity index (χ2v) is 7.79. The third kappa shape index (κ3) is 3.07. The van der Waals surface area contributed by atoms with Gasteiger partial charge in [0.05, 0.1) is 6.42 Å². The van der Waals surface area contributed by atoms with Crippen LogP contribution < -0.4 is 0 Å². The summed E-state index contributed by atoms with van der Waals surface area (Å²) in [5.41, 5.74) is 4.40. The molecule has 6 heteroatoms. The van der Waals surface area contributed by atoms with Gasteiger partial charge in [-0.15, -0.1) is 0 Å². The number of benzene rings is 1. The van der Waals surface area contributed by atoms with E-state index in [-0.39, 0.29) is 12.3 Å². The summed E-state index contributed by atoms with van der Waals surface area (Å²) in [4.78, 5) is 15.9. The molecule has 1 aromatic carbocycles. The highest BCUT2D eigenvalue weighted by atomic mass is 79.9. The number of halogens is 2. The van der Waals surface area contributed by atoms with Crippen molar-refractivity contribution in [2.24, 2.45) is 0 Å². The molecule has 2 aromatic heterocycles. The molecule has 0 radical (unpaired) electrons. The Labute approximate surface area is 158 Å². The summed E-state index contributed by atoms with van der Waals surface area (Å²) in [5.74, 6) is -0.719. The lowest BCUT2D eigenvalue weighted by Crippen LogP contribution is -2.11. The van der Waals surface area contributed by atoms with Crippen molar-refractivity contribution in [3.05, 3.63) is 62.8 Å². The second kappa shape index (κ2) is 6.46. The molecule has 0 amide bonds. The smallest absolute Gasteiger partial charge is 0.304 e. The quantitative estimate of drug-likeness (QED) is 0.647. The van der Waals surface area contributed by atoms with Gasteiger partial charge in [0.1, 0.15) is 5.65 Å². The summed E-state index contributed by atoms with van der Waals surface area (Å²) in [5, 5.41) is 11.1. The Kier molecular flexibility index (Phi) is 4.29. The minimum Gasteiger partial charge on any atom is -0.481 e. The minimum atomic E-state index is -0.754. The Hall–Kier alpha value is -1.85. The number of carbonyl (C=O) groups is 1. The minimum absolute atomic E-state index is 0.0350. The predicted octanol–water partition coefficient (Wildman–Crippen LogP) is 5.01. The number of nitrogens with zero attached hydrogens (tertiary/aromatic N) is 2. The van der Waals surface area contributed by atoms with Gasteiger partial charge in [-0.05, 0) is 58.1 Å². The number of carboxylic acid groups (broad SMARTS) is 1. The summed E-state index contributed by atoms with van der Waals surface area (Å²) in [6.45, 7) is 0.660. The van der Waals surface area contributed by atoms with Crippen LogP contribution in [0.1, 0.15) is 35.6 Å². The van der Waals surface area contributed by atoms with E-state index in [1.807, 2.05) is 24.3 Å². The average molecular weight is 420 g/mol. The van der Waals surface area contributed by atoms with Crippen LogP contribution in [0.25, 0.3) is 11.0 Å². The number of aromatic nitrogens is 2. The van der Waals surface area contributed by atoms with E-state index in [1.165, 1.54) is 5.56 Å². The lowest BCUT2D eigenvalue weighted by Gasteiger charge is -2.15. The summed E-state index contributed by atoms with van der Waals surface area (Å²) in [6, 6.07) is 9.84. The van der Waals surface area contributed by atoms with E-state index < -0.39 is 5.97 Å². The fourth-order valence-corrected chi connectivity index (χ4v) is 4.27. The van der Waals surface area contributed by atoms with Crippen molar-refractivity contribution >= 4 is 44.5 Å². The van der Waals surface area contributed by atoms with Crippen LogP contribution in [0, 0.1) is 0 Å². The lowest BCUT2D eigenvalue weighted by molar-refractivity contribution is -0.137. The molecule has 0 fully saturated rings. The first-order chi connectivity index (χ1) is 12.0. The lowest BCUT2D eigenvalue weighted by atomic mass is 10.0. The first-order valence-electron chi connectivity index (χ1n) is 8.15. The summed E-state index contributed by atoms with van der Waals surface area (Å²) >= 11 is 9.49. The maximum Gasteiger partial charge on any atom is 0.304 e. The van der Waals surface area contributed by atoms with Crippen LogP contribution in [0.3, 0.4) is 0 Å². The Bertz CT molecular complexity index is 966. The van der Waals surface area contributed by atoms with Gasteiger partial charge in [-0.2, -0.15) is 0 Å². The van der Waals surface area contributed by atoms with Crippen molar-refractivity contribution < 1.29 is 9.90 Å².